The number of nitrogens with one attached hydrogen (secondary N) is 1. The average molecular weight is 448 g/mol. The Bertz CT molecular complexity index is 1010. The number of sulfonamides is 1. The Hall–Kier alpha value is -1.61. The fourth-order valence-corrected chi connectivity index (χ4v) is 4.01. The number of nitrogens with zero attached hydrogens (tertiary/aromatic N) is 3. The summed E-state index contributed by atoms with van der Waals surface area (Å²) >= 11 is 14.9. The lowest BCUT2D eigenvalue weighted by Gasteiger charge is -2.13. The lowest BCUT2D eigenvalue weighted by atomic mass is 10.3. The van der Waals surface area contributed by atoms with E-state index in [0.29, 0.717) is 11.4 Å². The molecule has 2 aromatic heterocycles. The van der Waals surface area contributed by atoms with Gasteiger partial charge in [0.1, 0.15) is 10.0 Å². The molecule has 24 heavy (non-hydrogen) atoms. The topological polar surface area (TPSA) is 76.9 Å². The van der Waals surface area contributed by atoms with Gasteiger partial charge in [-0.1, -0.05) is 35.3 Å². The molecule has 1 N–H and O–H groups in total. The summed E-state index contributed by atoms with van der Waals surface area (Å²) in [5.74, 6) is 0. The van der Waals surface area contributed by atoms with Crippen LogP contribution in [-0.2, 0) is 10.0 Å². The number of anilines is 1. The first-order valence-corrected chi connectivity index (χ1v) is 9.54. The number of aromatic nitrogens is 3. The smallest absolute Gasteiger partial charge is 0.265 e. The van der Waals surface area contributed by atoms with Crippen LogP contribution in [0.2, 0.25) is 10.3 Å². The van der Waals surface area contributed by atoms with Crippen molar-refractivity contribution in [3.05, 3.63) is 63.6 Å². The fourth-order valence-electron chi connectivity index (χ4n) is 1.99. The van der Waals surface area contributed by atoms with Gasteiger partial charge in [0.05, 0.1) is 22.0 Å². The first-order valence-electron chi connectivity index (χ1n) is 6.51. The molecule has 10 heteroatoms. The van der Waals surface area contributed by atoms with E-state index in [9.17, 15) is 8.42 Å². The van der Waals surface area contributed by atoms with E-state index in [0.717, 1.165) is 4.47 Å². The van der Waals surface area contributed by atoms with Crippen LogP contribution in [0.15, 0.2) is 58.2 Å². The number of halogens is 3. The van der Waals surface area contributed by atoms with E-state index in [1.807, 2.05) is 0 Å². The van der Waals surface area contributed by atoms with Crippen LogP contribution in [0.4, 0.5) is 5.69 Å². The van der Waals surface area contributed by atoms with Crippen LogP contribution in [0.5, 0.6) is 0 Å². The van der Waals surface area contributed by atoms with Crippen molar-refractivity contribution in [1.82, 2.24) is 14.8 Å². The molecule has 6 nitrogen and oxygen atoms in total. The summed E-state index contributed by atoms with van der Waals surface area (Å²) in [5, 5.41) is 4.07. The Labute approximate surface area is 156 Å². The molecular formula is C14H9BrCl2N4O2S. The molecular weight excluding hydrogens is 439 g/mol. The van der Waals surface area contributed by atoms with Crippen molar-refractivity contribution in [2.45, 2.75) is 4.90 Å². The predicted molar refractivity (Wildman–Crippen MR) is 96.3 cm³/mol. The van der Waals surface area contributed by atoms with Gasteiger partial charge in [-0.05, 0) is 40.2 Å². The third-order valence-corrected chi connectivity index (χ3v) is 5.43. The highest BCUT2D eigenvalue weighted by molar-refractivity contribution is 9.10. The molecule has 0 unspecified atom stereocenters. The molecule has 3 aromatic rings. The molecule has 0 aliphatic heterocycles. The molecule has 1 aromatic carbocycles. The molecule has 2 heterocycles. The zero-order valence-corrected chi connectivity index (χ0v) is 15.7. The molecule has 0 saturated carbocycles. The van der Waals surface area contributed by atoms with Gasteiger partial charge in [0.2, 0.25) is 0 Å². The largest absolute Gasteiger partial charge is 0.277 e. The maximum Gasteiger partial charge on any atom is 0.265 e. The molecule has 0 aliphatic rings. The van der Waals surface area contributed by atoms with Crippen LogP contribution in [0.1, 0.15) is 0 Å². The lowest BCUT2D eigenvalue weighted by molar-refractivity contribution is 0.601. The van der Waals surface area contributed by atoms with Crippen LogP contribution in [0.3, 0.4) is 0 Å². The molecule has 0 atom stereocenters. The summed E-state index contributed by atoms with van der Waals surface area (Å²) < 4.78 is 30.0. The van der Waals surface area contributed by atoms with Crippen molar-refractivity contribution in [3.8, 4) is 5.69 Å². The Balaban J connectivity index is 2.02. The zero-order chi connectivity index (χ0) is 17.3. The maximum atomic E-state index is 12.6. The summed E-state index contributed by atoms with van der Waals surface area (Å²) in [4.78, 5) is 3.59. The minimum Gasteiger partial charge on any atom is -0.277 e. The summed E-state index contributed by atoms with van der Waals surface area (Å²) in [6.45, 7) is 0. The van der Waals surface area contributed by atoms with E-state index in [2.05, 4.69) is 30.7 Å². The fraction of sp³-hybridized carbons (Fsp3) is 0. The number of rotatable bonds is 4. The highest BCUT2D eigenvalue weighted by atomic mass is 79.9. The zero-order valence-electron chi connectivity index (χ0n) is 11.8. The molecule has 0 spiro atoms. The minimum atomic E-state index is -3.94. The van der Waals surface area contributed by atoms with Crippen molar-refractivity contribution < 1.29 is 8.42 Å². The van der Waals surface area contributed by atoms with E-state index < -0.39 is 10.0 Å². The van der Waals surface area contributed by atoms with Crippen LogP contribution in [-0.4, -0.2) is 23.2 Å². The summed E-state index contributed by atoms with van der Waals surface area (Å²) in [7, 11) is -3.94. The molecule has 0 amide bonds. The predicted octanol–water partition coefficient (Wildman–Crippen LogP) is 4.14. The van der Waals surface area contributed by atoms with Gasteiger partial charge in [-0.3, -0.25) is 4.72 Å². The van der Waals surface area contributed by atoms with E-state index in [4.69, 9.17) is 23.2 Å². The van der Waals surface area contributed by atoms with Gasteiger partial charge in [-0.25, -0.2) is 18.1 Å². The summed E-state index contributed by atoms with van der Waals surface area (Å²) in [6.07, 6.45) is 3.31. The minimum absolute atomic E-state index is 0.112. The van der Waals surface area contributed by atoms with Gasteiger partial charge < -0.3 is 0 Å². The lowest BCUT2D eigenvalue weighted by Crippen LogP contribution is -2.15. The number of pyridine rings is 1. The molecule has 0 fully saturated rings. The van der Waals surface area contributed by atoms with Crippen LogP contribution < -0.4 is 4.72 Å². The summed E-state index contributed by atoms with van der Waals surface area (Å²) in [5.41, 5.74) is 0.906. The molecule has 0 bridgehead atoms. The first kappa shape index (κ1) is 17.2. The summed E-state index contributed by atoms with van der Waals surface area (Å²) in [6, 6.07) is 9.51. The molecule has 124 valence electrons. The van der Waals surface area contributed by atoms with Gasteiger partial charge >= 0.3 is 0 Å². The van der Waals surface area contributed by atoms with Crippen molar-refractivity contribution in [1.29, 1.82) is 0 Å². The van der Waals surface area contributed by atoms with E-state index in [1.165, 1.54) is 12.1 Å². The van der Waals surface area contributed by atoms with Gasteiger partial charge in [0.25, 0.3) is 10.0 Å². The van der Waals surface area contributed by atoms with Crippen LogP contribution in [0, 0.1) is 0 Å². The van der Waals surface area contributed by atoms with Crippen LogP contribution >= 0.6 is 39.1 Å². The Morgan fingerprint density at radius 2 is 1.88 bits per heavy atom. The van der Waals surface area contributed by atoms with E-state index in [-0.39, 0.29) is 15.2 Å². The third-order valence-electron chi connectivity index (χ3n) is 3.02. The highest BCUT2D eigenvalue weighted by Gasteiger charge is 2.21. The molecule has 0 radical (unpaired) electrons. The van der Waals surface area contributed by atoms with Gasteiger partial charge in [0, 0.05) is 6.20 Å². The first-order chi connectivity index (χ1) is 11.4. The molecule has 0 saturated heterocycles. The third kappa shape index (κ3) is 3.56. The van der Waals surface area contributed by atoms with Gasteiger partial charge in [0.15, 0.2) is 5.15 Å². The van der Waals surface area contributed by atoms with Crippen molar-refractivity contribution in [2.75, 3.05) is 4.72 Å². The van der Waals surface area contributed by atoms with E-state index >= 15 is 0 Å². The average Bonchev–Trinajstić information content (AvgIpc) is 2.93. The quantitative estimate of drug-likeness (QED) is 0.609. The normalized spacial score (nSPS) is 11.5. The van der Waals surface area contributed by atoms with Gasteiger partial charge in [-0.2, -0.15) is 5.10 Å². The Morgan fingerprint density at radius 3 is 2.54 bits per heavy atom. The Morgan fingerprint density at radius 1 is 1.12 bits per heavy atom. The number of hydrogen-bond donors (Lipinski definition) is 1. The van der Waals surface area contributed by atoms with Crippen LogP contribution in [0.25, 0.3) is 5.69 Å². The van der Waals surface area contributed by atoms with Gasteiger partial charge in [-0.15, -0.1) is 0 Å². The monoisotopic (exact) mass is 446 g/mol. The van der Waals surface area contributed by atoms with Crippen molar-refractivity contribution >= 4 is 54.8 Å². The second-order valence-corrected chi connectivity index (χ2v) is 7.96. The number of hydrogen-bond acceptors (Lipinski definition) is 4. The SMILES string of the molecule is O=S(=O)(Nc1ccccc1-n1cc(Br)cn1)c1ccc(Cl)nc1Cl. The van der Waals surface area contributed by atoms with E-state index in [1.54, 1.807) is 41.3 Å². The van der Waals surface area contributed by atoms with Crippen molar-refractivity contribution in [2.24, 2.45) is 0 Å². The molecule has 3 rings (SSSR count). The standard InChI is InChI=1S/C14H9BrCl2N4O2S/c15-9-7-18-21(8-9)11-4-2-1-3-10(11)20-24(22,23)12-5-6-13(16)19-14(12)17/h1-8,20H. The Kier molecular flexibility index (Phi) is 4.82. The maximum absolute atomic E-state index is 12.6. The highest BCUT2D eigenvalue weighted by Crippen LogP contribution is 2.27. The number of para-hydroxylation sites is 2. The second kappa shape index (κ2) is 6.72. The second-order valence-electron chi connectivity index (χ2n) is 4.65. The van der Waals surface area contributed by atoms with Crippen molar-refractivity contribution in [3.63, 3.8) is 0 Å². The number of benzene rings is 1. The molecule has 0 aliphatic carbocycles.